The molecule has 18 heavy (non-hydrogen) atoms. The van der Waals surface area contributed by atoms with Crippen LogP contribution >= 0.6 is 0 Å². The van der Waals surface area contributed by atoms with Crippen LogP contribution in [-0.4, -0.2) is 44.2 Å². The third-order valence-corrected chi connectivity index (χ3v) is 3.70. The van der Waals surface area contributed by atoms with Crippen LogP contribution in [0.25, 0.3) is 0 Å². The summed E-state index contributed by atoms with van der Waals surface area (Å²) >= 11 is 0. The highest BCUT2D eigenvalue weighted by Crippen LogP contribution is 2.40. The molecular weight excluding hydrogens is 234 g/mol. The highest BCUT2D eigenvalue weighted by atomic mass is 16.6. The van der Waals surface area contributed by atoms with Crippen LogP contribution in [0.1, 0.15) is 5.56 Å². The number of rotatable bonds is 3. The average molecular weight is 251 g/mol. The Labute approximate surface area is 105 Å². The summed E-state index contributed by atoms with van der Waals surface area (Å²) in [5.74, 6) is 1.48. The molecule has 0 amide bonds. The second kappa shape index (κ2) is 4.42. The Balaban J connectivity index is 1.96. The molecule has 0 aliphatic carbocycles. The molecule has 1 atom stereocenters. The van der Waals surface area contributed by atoms with Gasteiger partial charge >= 0.3 is 0 Å². The Kier molecular flexibility index (Phi) is 2.89. The van der Waals surface area contributed by atoms with Crippen molar-refractivity contribution in [1.29, 1.82) is 0 Å². The maximum atomic E-state index is 10.1. The zero-order valence-corrected chi connectivity index (χ0v) is 10.1. The van der Waals surface area contributed by atoms with Gasteiger partial charge in [-0.05, 0) is 17.7 Å². The summed E-state index contributed by atoms with van der Waals surface area (Å²) in [6.45, 7) is 2.33. The van der Waals surface area contributed by atoms with Crippen LogP contribution in [0.2, 0.25) is 0 Å². The average Bonchev–Trinajstić information content (AvgIpc) is 2.37. The first-order chi connectivity index (χ1) is 8.76. The molecule has 0 aromatic heterocycles. The van der Waals surface area contributed by atoms with E-state index >= 15 is 0 Å². The second-order valence-electron chi connectivity index (χ2n) is 4.76. The van der Waals surface area contributed by atoms with Crippen molar-refractivity contribution in [3.05, 3.63) is 23.8 Å². The minimum atomic E-state index is -0.603. The van der Waals surface area contributed by atoms with Gasteiger partial charge in [0.2, 0.25) is 0 Å². The minimum absolute atomic E-state index is 0.220. The topological polar surface area (TPSA) is 73.9 Å². The molecule has 0 saturated carbocycles. The predicted molar refractivity (Wildman–Crippen MR) is 65.0 cm³/mol. The van der Waals surface area contributed by atoms with Crippen LogP contribution in [0.15, 0.2) is 18.2 Å². The third-order valence-electron chi connectivity index (χ3n) is 3.70. The van der Waals surface area contributed by atoms with Crippen LogP contribution in [-0.2, 0) is 10.2 Å². The van der Waals surface area contributed by atoms with Crippen LogP contribution in [0, 0.1) is 0 Å². The summed E-state index contributed by atoms with van der Waals surface area (Å²) in [5.41, 5.74) is 6.18. The number of nitrogens with two attached hydrogens (primary N) is 1. The Bertz CT molecular complexity index is 445. The summed E-state index contributed by atoms with van der Waals surface area (Å²) < 4.78 is 16.3. The lowest BCUT2D eigenvalue weighted by Gasteiger charge is -2.45. The zero-order valence-electron chi connectivity index (χ0n) is 10.1. The van der Waals surface area contributed by atoms with Crippen LogP contribution in [0.4, 0.5) is 0 Å². The van der Waals surface area contributed by atoms with Gasteiger partial charge in [0.1, 0.15) is 13.2 Å². The summed E-state index contributed by atoms with van der Waals surface area (Å²) in [7, 11) is 0. The van der Waals surface area contributed by atoms with Crippen molar-refractivity contribution >= 4 is 0 Å². The van der Waals surface area contributed by atoms with Gasteiger partial charge < -0.3 is 25.1 Å². The molecule has 3 rings (SSSR count). The van der Waals surface area contributed by atoms with Crippen LogP contribution in [0.5, 0.6) is 11.5 Å². The Morgan fingerprint density at radius 2 is 1.94 bits per heavy atom. The van der Waals surface area contributed by atoms with Crippen LogP contribution in [0.3, 0.4) is 0 Å². The molecular formula is C13H17NO4. The van der Waals surface area contributed by atoms with E-state index in [9.17, 15) is 5.11 Å². The number of aliphatic hydroxyl groups excluding tert-OH is 1. The standard InChI is InChI=1S/C13H17NO4/c14-6-12(15)13(7-16-8-13)9-1-2-10-11(5-9)18-4-3-17-10/h1-2,5,12,15H,3-4,6-8,14H2. The SMILES string of the molecule is NCC(O)C1(c2ccc3c(c2)OCCO3)COC1. The Morgan fingerprint density at radius 3 is 2.56 bits per heavy atom. The second-order valence-corrected chi connectivity index (χ2v) is 4.76. The number of benzene rings is 1. The van der Waals surface area contributed by atoms with E-state index < -0.39 is 11.5 Å². The van der Waals surface area contributed by atoms with Crippen molar-refractivity contribution in [2.24, 2.45) is 5.73 Å². The number of hydrogen-bond donors (Lipinski definition) is 2. The highest BCUT2D eigenvalue weighted by Gasteiger charge is 2.46. The molecule has 98 valence electrons. The fourth-order valence-corrected chi connectivity index (χ4v) is 2.45. The fraction of sp³-hybridized carbons (Fsp3) is 0.538. The van der Waals surface area contributed by atoms with Gasteiger partial charge in [-0.25, -0.2) is 0 Å². The summed E-state index contributed by atoms with van der Waals surface area (Å²) in [5, 5.41) is 10.1. The van der Waals surface area contributed by atoms with Crippen molar-refractivity contribution in [2.45, 2.75) is 11.5 Å². The van der Waals surface area contributed by atoms with Crippen molar-refractivity contribution in [2.75, 3.05) is 33.0 Å². The zero-order chi connectivity index (χ0) is 12.6. The lowest BCUT2D eigenvalue weighted by molar-refractivity contribution is -0.116. The van der Waals surface area contributed by atoms with Gasteiger partial charge in [-0.1, -0.05) is 6.07 Å². The number of hydrogen-bond acceptors (Lipinski definition) is 5. The molecule has 0 radical (unpaired) electrons. The first kappa shape index (κ1) is 11.8. The van der Waals surface area contributed by atoms with E-state index in [-0.39, 0.29) is 6.54 Å². The highest BCUT2D eigenvalue weighted by molar-refractivity contribution is 5.47. The molecule has 5 nitrogen and oxygen atoms in total. The molecule has 1 aromatic rings. The molecule has 3 N–H and O–H groups in total. The number of aliphatic hydroxyl groups is 1. The lowest BCUT2D eigenvalue weighted by atomic mass is 9.73. The van der Waals surface area contributed by atoms with E-state index in [2.05, 4.69) is 0 Å². The number of ether oxygens (including phenoxy) is 3. The third kappa shape index (κ3) is 1.67. The number of fused-ring (bicyclic) bond motifs is 1. The predicted octanol–water partition coefficient (Wildman–Crippen LogP) is 0.0454. The van der Waals surface area contributed by atoms with Gasteiger partial charge in [0.05, 0.1) is 24.7 Å². The van der Waals surface area contributed by atoms with Crippen molar-refractivity contribution in [3.63, 3.8) is 0 Å². The molecule has 1 fully saturated rings. The van der Waals surface area contributed by atoms with Crippen molar-refractivity contribution < 1.29 is 19.3 Å². The molecule has 5 heteroatoms. The fourth-order valence-electron chi connectivity index (χ4n) is 2.45. The van der Waals surface area contributed by atoms with Gasteiger partial charge in [0, 0.05) is 6.54 Å². The molecule has 1 aromatic carbocycles. The lowest BCUT2D eigenvalue weighted by Crippen LogP contribution is -2.57. The van der Waals surface area contributed by atoms with E-state index in [1.807, 2.05) is 18.2 Å². The molecule has 1 saturated heterocycles. The Morgan fingerprint density at radius 1 is 1.22 bits per heavy atom. The molecule has 0 bridgehead atoms. The maximum Gasteiger partial charge on any atom is 0.161 e. The van der Waals surface area contributed by atoms with Gasteiger partial charge in [-0.2, -0.15) is 0 Å². The normalized spacial score (nSPS) is 22.1. The quantitative estimate of drug-likeness (QED) is 0.793. The smallest absolute Gasteiger partial charge is 0.161 e. The van der Waals surface area contributed by atoms with Crippen molar-refractivity contribution in [3.8, 4) is 11.5 Å². The van der Waals surface area contributed by atoms with Gasteiger partial charge in [-0.3, -0.25) is 0 Å². The van der Waals surface area contributed by atoms with E-state index in [0.717, 1.165) is 17.1 Å². The first-order valence-electron chi connectivity index (χ1n) is 6.12. The summed E-state index contributed by atoms with van der Waals surface area (Å²) in [6.07, 6.45) is -0.603. The van der Waals surface area contributed by atoms with E-state index in [1.54, 1.807) is 0 Å². The minimum Gasteiger partial charge on any atom is -0.486 e. The van der Waals surface area contributed by atoms with Gasteiger partial charge in [0.15, 0.2) is 11.5 Å². The largest absolute Gasteiger partial charge is 0.486 e. The van der Waals surface area contributed by atoms with E-state index in [4.69, 9.17) is 19.9 Å². The van der Waals surface area contributed by atoms with E-state index in [0.29, 0.717) is 26.4 Å². The van der Waals surface area contributed by atoms with E-state index in [1.165, 1.54) is 0 Å². The molecule has 0 spiro atoms. The molecule has 1 unspecified atom stereocenters. The molecule has 2 aliphatic heterocycles. The Hall–Kier alpha value is -1.30. The monoisotopic (exact) mass is 251 g/mol. The summed E-state index contributed by atoms with van der Waals surface area (Å²) in [6, 6.07) is 5.76. The van der Waals surface area contributed by atoms with Gasteiger partial charge in [-0.15, -0.1) is 0 Å². The van der Waals surface area contributed by atoms with Crippen LogP contribution < -0.4 is 15.2 Å². The van der Waals surface area contributed by atoms with Crippen molar-refractivity contribution in [1.82, 2.24) is 0 Å². The first-order valence-corrected chi connectivity index (χ1v) is 6.12. The molecule has 2 aliphatic rings. The maximum absolute atomic E-state index is 10.1. The molecule has 2 heterocycles. The summed E-state index contributed by atoms with van der Waals surface area (Å²) in [4.78, 5) is 0. The van der Waals surface area contributed by atoms with Gasteiger partial charge in [0.25, 0.3) is 0 Å².